The van der Waals surface area contributed by atoms with Crippen LogP contribution in [0.4, 0.5) is 4.79 Å². The first kappa shape index (κ1) is 10.2. The molecule has 76 valence electrons. The van der Waals surface area contributed by atoms with E-state index in [9.17, 15) is 14.4 Å². The number of carboxylic acids is 1. The summed E-state index contributed by atoms with van der Waals surface area (Å²) >= 11 is 0. The summed E-state index contributed by atoms with van der Waals surface area (Å²) in [4.78, 5) is 32.2. The third-order valence-electron chi connectivity index (χ3n) is 2.06. The van der Waals surface area contributed by atoms with Crippen molar-refractivity contribution < 1.29 is 24.6 Å². The fraction of sp³-hybridized carbons (Fsp3) is 0.429. The van der Waals surface area contributed by atoms with Gasteiger partial charge in [0.25, 0.3) is 0 Å². The lowest BCUT2D eigenvalue weighted by Gasteiger charge is -2.18. The van der Waals surface area contributed by atoms with Crippen molar-refractivity contribution in [3.8, 4) is 0 Å². The molecule has 1 rings (SSSR count). The number of carbonyl (C=O) groups excluding carboxylic acids is 1. The minimum atomic E-state index is -1.35. The molecule has 1 heterocycles. The summed E-state index contributed by atoms with van der Waals surface area (Å²) in [5.41, 5.74) is 5.21. The normalized spacial score (nSPS) is 26.1. The van der Waals surface area contributed by atoms with Crippen molar-refractivity contribution in [1.82, 2.24) is 4.90 Å². The van der Waals surface area contributed by atoms with Crippen LogP contribution in [-0.4, -0.2) is 45.8 Å². The SMILES string of the molecule is NC1C(C(=O)O)C(=C=O)CN1C(=O)O. The van der Waals surface area contributed by atoms with Crippen LogP contribution in [0.5, 0.6) is 0 Å². The second-order valence-corrected chi connectivity index (χ2v) is 2.84. The van der Waals surface area contributed by atoms with E-state index in [1.54, 1.807) is 0 Å². The summed E-state index contributed by atoms with van der Waals surface area (Å²) < 4.78 is 0. The highest BCUT2D eigenvalue weighted by atomic mass is 16.4. The summed E-state index contributed by atoms with van der Waals surface area (Å²) in [5.74, 6) is -1.20. The minimum Gasteiger partial charge on any atom is -0.481 e. The molecule has 1 aliphatic heterocycles. The molecule has 1 aliphatic rings. The Morgan fingerprint density at radius 2 is 2.07 bits per heavy atom. The Kier molecular flexibility index (Phi) is 2.55. The summed E-state index contributed by atoms with van der Waals surface area (Å²) in [5, 5.41) is 17.3. The second-order valence-electron chi connectivity index (χ2n) is 2.84. The number of hydrogen-bond donors (Lipinski definition) is 3. The lowest BCUT2D eigenvalue weighted by molar-refractivity contribution is -0.141. The number of carbonyl (C=O) groups is 2. The fourth-order valence-corrected chi connectivity index (χ4v) is 1.36. The summed E-state index contributed by atoms with van der Waals surface area (Å²) in [6.07, 6.45) is -2.57. The predicted molar refractivity (Wildman–Crippen MR) is 43.0 cm³/mol. The zero-order chi connectivity index (χ0) is 10.9. The lowest BCUT2D eigenvalue weighted by Crippen LogP contribution is -2.45. The van der Waals surface area contributed by atoms with Gasteiger partial charge in [0.2, 0.25) is 0 Å². The number of aliphatic carboxylic acids is 1. The van der Waals surface area contributed by atoms with Crippen LogP contribution in [0, 0.1) is 5.92 Å². The van der Waals surface area contributed by atoms with Gasteiger partial charge in [0.15, 0.2) is 0 Å². The molecule has 2 unspecified atom stereocenters. The molecule has 0 aliphatic carbocycles. The van der Waals surface area contributed by atoms with E-state index in [1.807, 2.05) is 0 Å². The summed E-state index contributed by atoms with van der Waals surface area (Å²) in [7, 11) is 0. The Morgan fingerprint density at radius 1 is 1.50 bits per heavy atom. The first-order valence-corrected chi connectivity index (χ1v) is 3.71. The van der Waals surface area contributed by atoms with Crippen LogP contribution >= 0.6 is 0 Å². The van der Waals surface area contributed by atoms with E-state index in [0.29, 0.717) is 4.90 Å². The average molecular weight is 200 g/mol. The molecule has 2 atom stereocenters. The molecule has 14 heavy (non-hydrogen) atoms. The number of carboxylic acid groups (broad SMARTS) is 2. The Hall–Kier alpha value is -1.85. The third-order valence-corrected chi connectivity index (χ3v) is 2.06. The molecule has 1 saturated heterocycles. The van der Waals surface area contributed by atoms with Gasteiger partial charge in [-0.15, -0.1) is 0 Å². The topological polar surface area (TPSA) is 121 Å². The molecule has 0 aromatic carbocycles. The molecular formula is C7H8N2O5. The number of amides is 1. The van der Waals surface area contributed by atoms with Crippen LogP contribution in [-0.2, 0) is 9.59 Å². The molecule has 1 amide bonds. The Bertz CT molecular complexity index is 333. The zero-order valence-electron chi connectivity index (χ0n) is 7.01. The van der Waals surface area contributed by atoms with E-state index in [2.05, 4.69) is 0 Å². The molecule has 0 bridgehead atoms. The molecular weight excluding hydrogens is 192 g/mol. The quantitative estimate of drug-likeness (QED) is 0.453. The molecule has 4 N–H and O–H groups in total. The molecule has 0 aromatic rings. The Morgan fingerprint density at radius 3 is 2.36 bits per heavy atom. The smallest absolute Gasteiger partial charge is 0.408 e. The van der Waals surface area contributed by atoms with Crippen LogP contribution < -0.4 is 5.73 Å². The van der Waals surface area contributed by atoms with Crippen molar-refractivity contribution in [1.29, 1.82) is 0 Å². The molecule has 0 spiro atoms. The van der Waals surface area contributed by atoms with E-state index >= 15 is 0 Å². The standard InChI is InChI=1S/C7H8N2O5/c8-5-4(6(11)12)3(2-10)1-9(5)7(13)14/h4-5H,1,8H2,(H,11,12)(H,13,14). The summed E-state index contributed by atoms with van der Waals surface area (Å²) in [6, 6.07) is 0. The second kappa shape index (κ2) is 3.49. The maximum Gasteiger partial charge on any atom is 0.408 e. The maximum atomic E-state index is 10.7. The van der Waals surface area contributed by atoms with Gasteiger partial charge in [0, 0.05) is 0 Å². The van der Waals surface area contributed by atoms with Crippen LogP contribution in [0.3, 0.4) is 0 Å². The van der Waals surface area contributed by atoms with Gasteiger partial charge in [-0.25, -0.2) is 9.59 Å². The zero-order valence-corrected chi connectivity index (χ0v) is 7.01. The monoisotopic (exact) mass is 200 g/mol. The van der Waals surface area contributed by atoms with E-state index < -0.39 is 24.1 Å². The first-order chi connectivity index (χ1) is 6.49. The van der Waals surface area contributed by atoms with Gasteiger partial charge in [-0.2, -0.15) is 0 Å². The van der Waals surface area contributed by atoms with Gasteiger partial charge < -0.3 is 15.9 Å². The number of hydrogen-bond acceptors (Lipinski definition) is 4. The van der Waals surface area contributed by atoms with Crippen molar-refractivity contribution in [3.63, 3.8) is 0 Å². The molecule has 7 nitrogen and oxygen atoms in total. The highest BCUT2D eigenvalue weighted by Crippen LogP contribution is 2.24. The van der Waals surface area contributed by atoms with Crippen molar-refractivity contribution in [2.45, 2.75) is 6.17 Å². The Labute approximate surface area is 78.4 Å². The third kappa shape index (κ3) is 1.46. The van der Waals surface area contributed by atoms with E-state index in [-0.39, 0.29) is 12.1 Å². The van der Waals surface area contributed by atoms with E-state index in [1.165, 1.54) is 5.94 Å². The molecule has 0 aromatic heterocycles. The van der Waals surface area contributed by atoms with Crippen molar-refractivity contribution in [2.75, 3.05) is 6.54 Å². The largest absolute Gasteiger partial charge is 0.481 e. The van der Waals surface area contributed by atoms with Crippen LogP contribution in [0.1, 0.15) is 0 Å². The predicted octanol–water partition coefficient (Wildman–Crippen LogP) is -1.28. The van der Waals surface area contributed by atoms with Gasteiger partial charge in [0.1, 0.15) is 18.0 Å². The first-order valence-electron chi connectivity index (χ1n) is 3.71. The van der Waals surface area contributed by atoms with Crippen LogP contribution in [0.2, 0.25) is 0 Å². The van der Waals surface area contributed by atoms with Crippen LogP contribution in [0.25, 0.3) is 0 Å². The maximum absolute atomic E-state index is 10.7. The van der Waals surface area contributed by atoms with Gasteiger partial charge in [-0.05, 0) is 0 Å². The molecule has 7 heteroatoms. The van der Waals surface area contributed by atoms with Crippen molar-refractivity contribution in [2.24, 2.45) is 11.7 Å². The fourth-order valence-electron chi connectivity index (χ4n) is 1.36. The Balaban J connectivity index is 3.02. The highest BCUT2D eigenvalue weighted by molar-refractivity contribution is 5.82. The number of nitrogens with two attached hydrogens (primary N) is 1. The number of likely N-dealkylation sites (tertiary alicyclic amines) is 1. The van der Waals surface area contributed by atoms with E-state index in [4.69, 9.17) is 15.9 Å². The van der Waals surface area contributed by atoms with Crippen molar-refractivity contribution in [3.05, 3.63) is 5.57 Å². The van der Waals surface area contributed by atoms with E-state index in [0.717, 1.165) is 0 Å². The van der Waals surface area contributed by atoms with Gasteiger partial charge >= 0.3 is 12.1 Å². The molecule has 0 saturated carbocycles. The van der Waals surface area contributed by atoms with Crippen LogP contribution in [0.15, 0.2) is 5.57 Å². The minimum absolute atomic E-state index is 0.146. The number of nitrogens with zero attached hydrogens (tertiary/aromatic N) is 1. The van der Waals surface area contributed by atoms with Gasteiger partial charge in [-0.3, -0.25) is 9.69 Å². The lowest BCUT2D eigenvalue weighted by atomic mass is 10.0. The molecule has 1 fully saturated rings. The average Bonchev–Trinajstić information content (AvgIpc) is 2.42. The summed E-state index contributed by atoms with van der Waals surface area (Å²) in [6.45, 7) is -0.295. The van der Waals surface area contributed by atoms with Gasteiger partial charge in [0.05, 0.1) is 12.1 Å². The van der Waals surface area contributed by atoms with Gasteiger partial charge in [-0.1, -0.05) is 0 Å². The highest BCUT2D eigenvalue weighted by Gasteiger charge is 2.43. The molecule has 0 radical (unpaired) electrons. The van der Waals surface area contributed by atoms with Crippen molar-refractivity contribution >= 4 is 18.0 Å². The number of rotatable bonds is 1.